The molecule has 0 bridgehead atoms. The van der Waals surface area contributed by atoms with E-state index < -0.39 is 5.60 Å². The number of piperidine rings is 1. The minimum atomic E-state index is -0.589. The molecule has 2 saturated heterocycles. The third-order valence-corrected chi connectivity index (χ3v) is 5.16. The topological polar surface area (TPSA) is 50.4 Å². The first kappa shape index (κ1) is 14.2. The van der Waals surface area contributed by atoms with E-state index in [0.717, 1.165) is 32.5 Å². The van der Waals surface area contributed by atoms with Crippen molar-refractivity contribution in [2.24, 2.45) is 5.92 Å². The number of ether oxygens (including phenoxy) is 1. The SMILES string of the molecule is COC1(C(=O)NCC2CCSCC2)CCNCC1. The van der Waals surface area contributed by atoms with Gasteiger partial charge < -0.3 is 15.4 Å². The lowest BCUT2D eigenvalue weighted by molar-refractivity contribution is -0.146. The highest BCUT2D eigenvalue weighted by atomic mass is 32.2. The summed E-state index contributed by atoms with van der Waals surface area (Å²) in [4.78, 5) is 12.3. The number of amides is 1. The van der Waals surface area contributed by atoms with Crippen LogP contribution in [-0.2, 0) is 9.53 Å². The lowest BCUT2D eigenvalue weighted by Gasteiger charge is -2.35. The van der Waals surface area contributed by atoms with Crippen LogP contribution in [0.15, 0.2) is 0 Å². The first-order valence-corrected chi connectivity index (χ1v) is 8.04. The number of hydrogen-bond acceptors (Lipinski definition) is 4. The zero-order chi connectivity index (χ0) is 12.8. The lowest BCUT2D eigenvalue weighted by Crippen LogP contribution is -2.54. The third-order valence-electron chi connectivity index (χ3n) is 4.11. The monoisotopic (exact) mass is 272 g/mol. The zero-order valence-corrected chi connectivity index (χ0v) is 12.0. The molecule has 0 aromatic carbocycles. The van der Waals surface area contributed by atoms with Crippen LogP contribution in [0.5, 0.6) is 0 Å². The van der Waals surface area contributed by atoms with Crippen LogP contribution in [0.1, 0.15) is 25.7 Å². The Balaban J connectivity index is 1.81. The highest BCUT2D eigenvalue weighted by Gasteiger charge is 2.39. The molecular weight excluding hydrogens is 248 g/mol. The smallest absolute Gasteiger partial charge is 0.252 e. The van der Waals surface area contributed by atoms with Crippen LogP contribution in [0.25, 0.3) is 0 Å². The molecule has 2 heterocycles. The van der Waals surface area contributed by atoms with Gasteiger partial charge >= 0.3 is 0 Å². The van der Waals surface area contributed by atoms with Gasteiger partial charge in [-0.15, -0.1) is 0 Å². The molecule has 2 N–H and O–H groups in total. The molecule has 0 aliphatic carbocycles. The predicted octanol–water partition coefficient (Wildman–Crippen LogP) is 1.01. The van der Waals surface area contributed by atoms with Crippen molar-refractivity contribution >= 4 is 17.7 Å². The van der Waals surface area contributed by atoms with Crippen LogP contribution < -0.4 is 10.6 Å². The molecule has 2 aliphatic rings. The van der Waals surface area contributed by atoms with Crippen molar-refractivity contribution in [3.8, 4) is 0 Å². The molecule has 0 aromatic rings. The standard InChI is InChI=1S/C13H24N2O2S/c1-17-13(4-6-14-7-5-13)12(16)15-10-11-2-8-18-9-3-11/h11,14H,2-10H2,1H3,(H,15,16). The molecule has 0 saturated carbocycles. The Morgan fingerprint density at radius 2 is 2.06 bits per heavy atom. The van der Waals surface area contributed by atoms with E-state index in [0.29, 0.717) is 5.92 Å². The second-order valence-corrected chi connectivity index (χ2v) is 6.44. The molecule has 0 radical (unpaired) electrons. The van der Waals surface area contributed by atoms with Crippen molar-refractivity contribution in [3.63, 3.8) is 0 Å². The molecule has 2 rings (SSSR count). The minimum Gasteiger partial charge on any atom is -0.368 e. The Kier molecular flexibility index (Phi) is 5.33. The average Bonchev–Trinajstić information content (AvgIpc) is 2.46. The Morgan fingerprint density at radius 1 is 1.39 bits per heavy atom. The van der Waals surface area contributed by atoms with Crippen molar-refractivity contribution in [2.75, 3.05) is 38.2 Å². The second-order valence-electron chi connectivity index (χ2n) is 5.21. The van der Waals surface area contributed by atoms with E-state index in [2.05, 4.69) is 10.6 Å². The lowest BCUT2D eigenvalue weighted by atomic mass is 9.90. The fourth-order valence-corrected chi connectivity index (χ4v) is 3.91. The summed E-state index contributed by atoms with van der Waals surface area (Å²) in [5.41, 5.74) is -0.589. The van der Waals surface area contributed by atoms with Gasteiger partial charge in [-0.1, -0.05) is 0 Å². The molecular formula is C13H24N2O2S. The summed E-state index contributed by atoms with van der Waals surface area (Å²) in [5.74, 6) is 3.22. The highest BCUT2D eigenvalue weighted by Crippen LogP contribution is 2.24. The summed E-state index contributed by atoms with van der Waals surface area (Å²) in [6.07, 6.45) is 4.00. The minimum absolute atomic E-state index is 0.0877. The molecule has 1 amide bonds. The number of methoxy groups -OCH3 is 1. The number of hydrogen-bond donors (Lipinski definition) is 2. The molecule has 0 aromatic heterocycles. The Labute approximate surface area is 114 Å². The maximum atomic E-state index is 12.3. The molecule has 18 heavy (non-hydrogen) atoms. The summed E-state index contributed by atoms with van der Waals surface area (Å²) in [5, 5.41) is 6.38. The molecule has 0 unspecified atom stereocenters. The van der Waals surface area contributed by atoms with Gasteiger partial charge in [0.25, 0.3) is 5.91 Å². The molecule has 0 spiro atoms. The van der Waals surface area contributed by atoms with Crippen LogP contribution in [0.4, 0.5) is 0 Å². The van der Waals surface area contributed by atoms with E-state index in [4.69, 9.17) is 4.74 Å². The van der Waals surface area contributed by atoms with Crippen LogP contribution >= 0.6 is 11.8 Å². The largest absolute Gasteiger partial charge is 0.368 e. The van der Waals surface area contributed by atoms with Crippen molar-refractivity contribution in [1.82, 2.24) is 10.6 Å². The van der Waals surface area contributed by atoms with Gasteiger partial charge in [-0.3, -0.25) is 4.79 Å². The summed E-state index contributed by atoms with van der Waals surface area (Å²) in [6, 6.07) is 0. The van der Waals surface area contributed by atoms with Gasteiger partial charge in [-0.05, 0) is 56.2 Å². The predicted molar refractivity (Wildman–Crippen MR) is 74.9 cm³/mol. The first-order valence-electron chi connectivity index (χ1n) is 6.89. The fourth-order valence-electron chi connectivity index (χ4n) is 2.70. The van der Waals surface area contributed by atoms with E-state index in [1.54, 1.807) is 7.11 Å². The van der Waals surface area contributed by atoms with Crippen molar-refractivity contribution in [3.05, 3.63) is 0 Å². The Hall–Kier alpha value is -0.260. The molecule has 2 aliphatic heterocycles. The summed E-state index contributed by atoms with van der Waals surface area (Å²) in [7, 11) is 1.65. The quantitative estimate of drug-likeness (QED) is 0.802. The van der Waals surface area contributed by atoms with Gasteiger partial charge in [0.2, 0.25) is 0 Å². The highest BCUT2D eigenvalue weighted by molar-refractivity contribution is 7.99. The number of rotatable bonds is 4. The van der Waals surface area contributed by atoms with E-state index in [1.165, 1.54) is 24.3 Å². The Morgan fingerprint density at radius 3 is 2.67 bits per heavy atom. The number of thioether (sulfide) groups is 1. The maximum absolute atomic E-state index is 12.3. The normalized spacial score (nSPS) is 24.7. The molecule has 5 heteroatoms. The van der Waals surface area contributed by atoms with Gasteiger partial charge in [0, 0.05) is 13.7 Å². The molecule has 2 fully saturated rings. The van der Waals surface area contributed by atoms with Crippen LogP contribution in [-0.4, -0.2) is 49.8 Å². The van der Waals surface area contributed by atoms with Crippen LogP contribution in [0.2, 0.25) is 0 Å². The second kappa shape index (κ2) is 6.78. The van der Waals surface area contributed by atoms with E-state index in [-0.39, 0.29) is 5.91 Å². The van der Waals surface area contributed by atoms with E-state index in [9.17, 15) is 4.79 Å². The molecule has 4 nitrogen and oxygen atoms in total. The van der Waals surface area contributed by atoms with Crippen molar-refractivity contribution < 1.29 is 9.53 Å². The van der Waals surface area contributed by atoms with E-state index in [1.807, 2.05) is 11.8 Å². The molecule has 104 valence electrons. The van der Waals surface area contributed by atoms with Crippen LogP contribution in [0.3, 0.4) is 0 Å². The van der Waals surface area contributed by atoms with Crippen LogP contribution in [0, 0.1) is 5.92 Å². The number of nitrogens with one attached hydrogen (secondary N) is 2. The van der Waals surface area contributed by atoms with Gasteiger partial charge in [0.15, 0.2) is 0 Å². The Bertz CT molecular complexity index is 274. The van der Waals surface area contributed by atoms with Gasteiger partial charge in [0.05, 0.1) is 0 Å². The zero-order valence-electron chi connectivity index (χ0n) is 11.2. The van der Waals surface area contributed by atoms with Gasteiger partial charge in [0.1, 0.15) is 5.60 Å². The number of carbonyl (C=O) groups is 1. The van der Waals surface area contributed by atoms with Crippen molar-refractivity contribution in [2.45, 2.75) is 31.3 Å². The fraction of sp³-hybridized carbons (Fsp3) is 0.923. The van der Waals surface area contributed by atoms with Gasteiger partial charge in [-0.2, -0.15) is 11.8 Å². The summed E-state index contributed by atoms with van der Waals surface area (Å²) in [6.45, 7) is 2.54. The average molecular weight is 272 g/mol. The number of carbonyl (C=O) groups excluding carboxylic acids is 1. The third kappa shape index (κ3) is 3.39. The maximum Gasteiger partial charge on any atom is 0.252 e. The molecule has 0 atom stereocenters. The van der Waals surface area contributed by atoms with Gasteiger partial charge in [-0.25, -0.2) is 0 Å². The van der Waals surface area contributed by atoms with E-state index >= 15 is 0 Å². The first-order chi connectivity index (χ1) is 8.77. The summed E-state index contributed by atoms with van der Waals surface area (Å²) < 4.78 is 5.52. The summed E-state index contributed by atoms with van der Waals surface area (Å²) >= 11 is 2.02. The van der Waals surface area contributed by atoms with Crippen molar-refractivity contribution in [1.29, 1.82) is 0 Å².